The molecule has 1 heterocycles. The SMILES string of the molecule is CCC[C@@H](C)NC(=O)COC(=O)c1cccc(CN2C(=O)c3ccccc3C2=O)c1. The molecule has 7 heteroatoms. The maximum absolute atomic E-state index is 12.5. The van der Waals surface area contributed by atoms with Gasteiger partial charge in [-0.05, 0) is 43.2 Å². The molecule has 0 aromatic heterocycles. The number of ether oxygens (including phenoxy) is 1. The first kappa shape index (κ1) is 21.2. The molecule has 7 nitrogen and oxygen atoms in total. The van der Waals surface area contributed by atoms with Crippen molar-refractivity contribution in [2.24, 2.45) is 0 Å². The molecule has 0 unspecified atom stereocenters. The van der Waals surface area contributed by atoms with E-state index in [2.05, 4.69) is 5.32 Å². The van der Waals surface area contributed by atoms with Crippen molar-refractivity contribution in [2.45, 2.75) is 39.3 Å². The lowest BCUT2D eigenvalue weighted by atomic mass is 10.1. The molecule has 0 radical (unpaired) electrons. The van der Waals surface area contributed by atoms with Crippen LogP contribution in [0.25, 0.3) is 0 Å². The van der Waals surface area contributed by atoms with Gasteiger partial charge in [-0.2, -0.15) is 0 Å². The van der Waals surface area contributed by atoms with Crippen LogP contribution in [0.5, 0.6) is 0 Å². The summed E-state index contributed by atoms with van der Waals surface area (Å²) >= 11 is 0. The highest BCUT2D eigenvalue weighted by Gasteiger charge is 2.35. The number of nitrogens with zero attached hydrogens (tertiary/aromatic N) is 1. The summed E-state index contributed by atoms with van der Waals surface area (Å²) in [5.41, 5.74) is 1.61. The Hall–Kier alpha value is -3.48. The van der Waals surface area contributed by atoms with Crippen molar-refractivity contribution in [3.63, 3.8) is 0 Å². The Bertz CT molecular complexity index is 950. The maximum Gasteiger partial charge on any atom is 0.338 e. The van der Waals surface area contributed by atoms with E-state index >= 15 is 0 Å². The minimum Gasteiger partial charge on any atom is -0.452 e. The van der Waals surface area contributed by atoms with Gasteiger partial charge in [0.2, 0.25) is 0 Å². The van der Waals surface area contributed by atoms with Crippen LogP contribution < -0.4 is 5.32 Å². The molecule has 3 amide bonds. The summed E-state index contributed by atoms with van der Waals surface area (Å²) in [5.74, 6) is -1.72. The van der Waals surface area contributed by atoms with Gasteiger partial charge in [0.1, 0.15) is 0 Å². The van der Waals surface area contributed by atoms with Crippen molar-refractivity contribution in [3.8, 4) is 0 Å². The molecular formula is C23H24N2O5. The van der Waals surface area contributed by atoms with Gasteiger partial charge in [0, 0.05) is 6.04 Å². The smallest absolute Gasteiger partial charge is 0.338 e. The number of imide groups is 1. The molecule has 1 aliphatic rings. The molecule has 156 valence electrons. The van der Waals surface area contributed by atoms with Crippen LogP contribution in [-0.4, -0.2) is 41.2 Å². The minimum absolute atomic E-state index is 0.0178. The molecule has 0 saturated heterocycles. The third-order valence-corrected chi connectivity index (χ3v) is 4.84. The molecule has 0 saturated carbocycles. The van der Waals surface area contributed by atoms with Gasteiger partial charge in [0.25, 0.3) is 17.7 Å². The van der Waals surface area contributed by atoms with Gasteiger partial charge >= 0.3 is 5.97 Å². The van der Waals surface area contributed by atoms with Gasteiger partial charge in [-0.15, -0.1) is 0 Å². The normalized spacial score (nSPS) is 13.7. The minimum atomic E-state index is -0.641. The Labute approximate surface area is 175 Å². The molecule has 0 fully saturated rings. The average molecular weight is 408 g/mol. The van der Waals surface area contributed by atoms with Crippen molar-refractivity contribution in [1.82, 2.24) is 10.2 Å². The average Bonchev–Trinajstić information content (AvgIpc) is 2.97. The molecule has 2 aromatic carbocycles. The topological polar surface area (TPSA) is 92.8 Å². The number of hydrogen-bond acceptors (Lipinski definition) is 5. The van der Waals surface area contributed by atoms with E-state index in [1.165, 1.54) is 0 Å². The van der Waals surface area contributed by atoms with Crippen LogP contribution in [-0.2, 0) is 16.1 Å². The second-order valence-electron chi connectivity index (χ2n) is 7.28. The second-order valence-corrected chi connectivity index (χ2v) is 7.28. The van der Waals surface area contributed by atoms with Crippen LogP contribution in [0.15, 0.2) is 48.5 Å². The van der Waals surface area contributed by atoms with Gasteiger partial charge in [-0.3, -0.25) is 19.3 Å². The molecular weight excluding hydrogens is 384 g/mol. The van der Waals surface area contributed by atoms with Gasteiger partial charge in [0.05, 0.1) is 23.2 Å². The zero-order valence-corrected chi connectivity index (χ0v) is 17.0. The molecule has 1 atom stereocenters. The fourth-order valence-electron chi connectivity index (χ4n) is 3.40. The Kier molecular flexibility index (Phi) is 6.61. The maximum atomic E-state index is 12.5. The largest absolute Gasteiger partial charge is 0.452 e. The molecule has 0 aliphatic carbocycles. The highest BCUT2D eigenvalue weighted by Crippen LogP contribution is 2.24. The van der Waals surface area contributed by atoms with Crippen molar-refractivity contribution in [1.29, 1.82) is 0 Å². The first-order chi connectivity index (χ1) is 14.4. The fraction of sp³-hybridized carbons (Fsp3) is 0.304. The lowest BCUT2D eigenvalue weighted by Crippen LogP contribution is -2.35. The Morgan fingerprint density at radius 3 is 2.33 bits per heavy atom. The third kappa shape index (κ3) is 4.74. The monoisotopic (exact) mass is 408 g/mol. The van der Waals surface area contributed by atoms with E-state index in [-0.39, 0.29) is 42.5 Å². The number of carbonyl (C=O) groups is 4. The Morgan fingerprint density at radius 1 is 1.03 bits per heavy atom. The third-order valence-electron chi connectivity index (χ3n) is 4.84. The number of esters is 1. The molecule has 1 aliphatic heterocycles. The summed E-state index contributed by atoms with van der Waals surface area (Å²) in [5, 5.41) is 2.77. The number of hydrogen-bond donors (Lipinski definition) is 1. The van der Waals surface area contributed by atoms with Crippen LogP contribution in [0, 0.1) is 0 Å². The molecule has 0 bridgehead atoms. The second kappa shape index (κ2) is 9.35. The van der Waals surface area contributed by atoms with E-state index in [4.69, 9.17) is 4.74 Å². The van der Waals surface area contributed by atoms with Crippen molar-refractivity contribution in [2.75, 3.05) is 6.61 Å². The van der Waals surface area contributed by atoms with Crippen LogP contribution in [0.1, 0.15) is 63.3 Å². The number of benzene rings is 2. The summed E-state index contributed by atoms with van der Waals surface area (Å²) in [6.45, 7) is 3.60. The zero-order chi connectivity index (χ0) is 21.7. The predicted octanol–water partition coefficient (Wildman–Crippen LogP) is 2.94. The highest BCUT2D eigenvalue weighted by atomic mass is 16.5. The fourth-order valence-corrected chi connectivity index (χ4v) is 3.40. The van der Waals surface area contributed by atoms with Crippen molar-refractivity contribution < 1.29 is 23.9 Å². The van der Waals surface area contributed by atoms with E-state index in [9.17, 15) is 19.2 Å². The van der Waals surface area contributed by atoms with Gasteiger partial charge in [-0.25, -0.2) is 4.79 Å². The van der Waals surface area contributed by atoms with Gasteiger partial charge in [-0.1, -0.05) is 37.6 Å². The van der Waals surface area contributed by atoms with Crippen LogP contribution >= 0.6 is 0 Å². The molecule has 0 spiro atoms. The first-order valence-corrected chi connectivity index (χ1v) is 9.91. The van der Waals surface area contributed by atoms with Gasteiger partial charge < -0.3 is 10.1 Å². The van der Waals surface area contributed by atoms with E-state index in [1.807, 2.05) is 13.8 Å². The summed E-state index contributed by atoms with van der Waals surface area (Å²) in [4.78, 5) is 50.4. The zero-order valence-electron chi connectivity index (χ0n) is 17.0. The Morgan fingerprint density at radius 2 is 1.70 bits per heavy atom. The summed E-state index contributed by atoms with van der Waals surface area (Å²) in [7, 11) is 0. The lowest BCUT2D eigenvalue weighted by Gasteiger charge is -2.15. The van der Waals surface area contributed by atoms with Gasteiger partial charge in [0.15, 0.2) is 6.61 Å². The van der Waals surface area contributed by atoms with E-state index in [1.54, 1.807) is 48.5 Å². The number of fused-ring (bicyclic) bond motifs is 1. The van der Waals surface area contributed by atoms with Crippen LogP contribution in [0.2, 0.25) is 0 Å². The Balaban J connectivity index is 1.61. The van der Waals surface area contributed by atoms with E-state index in [0.717, 1.165) is 17.7 Å². The van der Waals surface area contributed by atoms with Crippen molar-refractivity contribution in [3.05, 3.63) is 70.8 Å². The highest BCUT2D eigenvalue weighted by molar-refractivity contribution is 6.21. The number of carbonyl (C=O) groups excluding carboxylic acids is 4. The molecule has 1 N–H and O–H groups in total. The predicted molar refractivity (Wildman–Crippen MR) is 110 cm³/mol. The van der Waals surface area contributed by atoms with E-state index < -0.39 is 5.97 Å². The number of amides is 3. The molecule has 3 rings (SSSR count). The summed E-state index contributed by atoms with van der Waals surface area (Å²) in [6, 6.07) is 13.2. The van der Waals surface area contributed by atoms with E-state index in [0.29, 0.717) is 16.7 Å². The molecule has 2 aromatic rings. The van der Waals surface area contributed by atoms with Crippen LogP contribution in [0.4, 0.5) is 0 Å². The quantitative estimate of drug-likeness (QED) is 0.536. The summed E-state index contributed by atoms with van der Waals surface area (Å²) < 4.78 is 5.09. The lowest BCUT2D eigenvalue weighted by molar-refractivity contribution is -0.124. The van der Waals surface area contributed by atoms with Crippen molar-refractivity contribution >= 4 is 23.7 Å². The number of rotatable bonds is 8. The standard InChI is InChI=1S/C23H24N2O5/c1-3-7-15(2)24-20(26)14-30-23(29)17-9-6-8-16(12-17)13-25-21(27)18-10-4-5-11-19(18)22(25)28/h4-6,8-12,15H,3,7,13-14H2,1-2H3,(H,24,26)/t15-/m1/s1. The first-order valence-electron chi connectivity index (χ1n) is 9.91. The van der Waals surface area contributed by atoms with Crippen LogP contribution in [0.3, 0.4) is 0 Å². The number of nitrogens with one attached hydrogen (secondary N) is 1. The summed E-state index contributed by atoms with van der Waals surface area (Å²) in [6.07, 6.45) is 1.79. The molecule has 30 heavy (non-hydrogen) atoms.